The van der Waals surface area contributed by atoms with Gasteiger partial charge in [-0.3, -0.25) is 4.52 Å². The summed E-state index contributed by atoms with van der Waals surface area (Å²) in [7, 11) is -4.49. The normalized spacial score (nSPS) is 16.1. The first-order valence-corrected chi connectivity index (χ1v) is 10.4. The van der Waals surface area contributed by atoms with Crippen LogP contribution in [0.4, 0.5) is 0 Å². The minimum absolute atomic E-state index is 0.0350. The number of phosphoric acid groups is 1. The Bertz CT molecular complexity index is 334. The average molecular weight is 370 g/mol. The van der Waals surface area contributed by atoms with E-state index in [1.54, 1.807) is 6.92 Å². The second kappa shape index (κ2) is 14.2. The molecule has 2 N–H and O–H groups in total. The molecule has 0 saturated heterocycles. The van der Waals surface area contributed by atoms with E-state index in [1.807, 2.05) is 6.92 Å². The largest absolute Gasteiger partial charge is 0.469 e. The molecule has 0 bridgehead atoms. The summed E-state index contributed by atoms with van der Waals surface area (Å²) in [6.07, 6.45) is 3.51. The van der Waals surface area contributed by atoms with Gasteiger partial charge in [0, 0.05) is 6.61 Å². The molecule has 8 heteroatoms. The van der Waals surface area contributed by atoms with Gasteiger partial charge in [0.05, 0.1) is 38.1 Å². The molecule has 0 aromatic rings. The Hall–Kier alpha value is -0.0100. The van der Waals surface area contributed by atoms with E-state index in [9.17, 15) is 4.57 Å². The third-order valence-electron chi connectivity index (χ3n) is 3.63. The number of hydrogen-bond donors (Lipinski definition) is 2. The molecule has 0 amide bonds. The highest BCUT2D eigenvalue weighted by Crippen LogP contribution is 2.38. The van der Waals surface area contributed by atoms with Gasteiger partial charge in [0.1, 0.15) is 0 Å². The summed E-state index contributed by atoms with van der Waals surface area (Å²) in [6, 6.07) is 0. The molecule has 24 heavy (non-hydrogen) atoms. The SMILES string of the molecule is CCCCOCC(CC)OCC(CC)OCC(CC)OP(=O)(O)O. The number of ether oxygens (including phenoxy) is 3. The molecule has 0 fully saturated rings. The molecule has 0 aliphatic heterocycles. The molecule has 0 aromatic heterocycles. The van der Waals surface area contributed by atoms with Gasteiger partial charge in [-0.2, -0.15) is 0 Å². The highest BCUT2D eigenvalue weighted by atomic mass is 31.2. The zero-order valence-corrected chi connectivity index (χ0v) is 16.4. The van der Waals surface area contributed by atoms with Gasteiger partial charge in [-0.05, 0) is 25.7 Å². The first-order valence-electron chi connectivity index (χ1n) is 8.90. The van der Waals surface area contributed by atoms with E-state index in [-0.39, 0.29) is 18.8 Å². The van der Waals surface area contributed by atoms with Gasteiger partial charge in [0.2, 0.25) is 0 Å². The highest BCUT2D eigenvalue weighted by molar-refractivity contribution is 7.46. The van der Waals surface area contributed by atoms with E-state index < -0.39 is 13.9 Å². The second-order valence-electron chi connectivity index (χ2n) is 5.78. The Morgan fingerprint density at radius 3 is 1.79 bits per heavy atom. The lowest BCUT2D eigenvalue weighted by molar-refractivity contribution is -0.0837. The van der Waals surface area contributed by atoms with E-state index in [0.29, 0.717) is 19.6 Å². The van der Waals surface area contributed by atoms with Crippen LogP contribution in [0, 0.1) is 0 Å². The average Bonchev–Trinajstić information content (AvgIpc) is 2.54. The van der Waals surface area contributed by atoms with E-state index >= 15 is 0 Å². The van der Waals surface area contributed by atoms with E-state index in [0.717, 1.165) is 32.3 Å². The third-order valence-corrected chi connectivity index (χ3v) is 4.21. The van der Waals surface area contributed by atoms with Gasteiger partial charge in [-0.1, -0.05) is 34.1 Å². The standard InChI is InChI=1S/C16H35O7P/c1-5-9-10-20-11-14(6-2)21-12-15(7-3)22-13-16(8-4)23-24(17,18)19/h14-16H,5-13H2,1-4H3,(H2,17,18,19). The Labute approximate surface area is 146 Å². The van der Waals surface area contributed by atoms with Gasteiger partial charge in [-0.15, -0.1) is 0 Å². The lowest BCUT2D eigenvalue weighted by Gasteiger charge is -2.23. The molecule has 0 saturated carbocycles. The van der Waals surface area contributed by atoms with Crippen molar-refractivity contribution >= 4 is 7.82 Å². The summed E-state index contributed by atoms with van der Waals surface area (Å²) < 4.78 is 32.7. The summed E-state index contributed by atoms with van der Waals surface area (Å²) in [5.74, 6) is 0. The van der Waals surface area contributed by atoms with Crippen LogP contribution < -0.4 is 0 Å². The Morgan fingerprint density at radius 1 is 0.833 bits per heavy atom. The minimum atomic E-state index is -4.49. The van der Waals surface area contributed by atoms with E-state index in [2.05, 4.69) is 18.4 Å². The van der Waals surface area contributed by atoms with Crippen molar-refractivity contribution in [3.8, 4) is 0 Å². The molecule has 0 aromatic carbocycles. The van der Waals surface area contributed by atoms with Gasteiger partial charge >= 0.3 is 7.82 Å². The number of unbranched alkanes of at least 4 members (excludes halogenated alkanes) is 1. The van der Waals surface area contributed by atoms with Crippen LogP contribution in [0.2, 0.25) is 0 Å². The predicted molar refractivity (Wildman–Crippen MR) is 93.0 cm³/mol. The maximum Gasteiger partial charge on any atom is 0.469 e. The fourth-order valence-corrected chi connectivity index (χ4v) is 2.53. The van der Waals surface area contributed by atoms with Crippen LogP contribution in [0.1, 0.15) is 59.8 Å². The fraction of sp³-hybridized carbons (Fsp3) is 1.00. The maximum absolute atomic E-state index is 10.9. The summed E-state index contributed by atoms with van der Waals surface area (Å²) in [4.78, 5) is 17.7. The fourth-order valence-electron chi connectivity index (χ4n) is 1.93. The van der Waals surface area contributed by atoms with Crippen LogP contribution in [-0.2, 0) is 23.3 Å². The third kappa shape index (κ3) is 13.3. The van der Waals surface area contributed by atoms with E-state index in [4.69, 9.17) is 24.0 Å². The summed E-state index contributed by atoms with van der Waals surface area (Å²) in [5, 5.41) is 0. The molecule has 3 unspecified atom stereocenters. The van der Waals surface area contributed by atoms with Crippen molar-refractivity contribution in [3.05, 3.63) is 0 Å². The predicted octanol–water partition coefficient (Wildman–Crippen LogP) is 3.28. The number of phosphoric ester groups is 1. The molecule has 0 aliphatic carbocycles. The highest BCUT2D eigenvalue weighted by Gasteiger charge is 2.22. The zero-order chi connectivity index (χ0) is 18.4. The summed E-state index contributed by atoms with van der Waals surface area (Å²) in [6.45, 7) is 9.84. The van der Waals surface area contributed by atoms with Crippen molar-refractivity contribution in [1.82, 2.24) is 0 Å². The molecular formula is C16H35O7P. The maximum atomic E-state index is 10.9. The Balaban J connectivity index is 4.12. The first kappa shape index (κ1) is 24.0. The number of hydrogen-bond acceptors (Lipinski definition) is 5. The van der Waals surface area contributed by atoms with Crippen LogP contribution in [0.3, 0.4) is 0 Å². The molecule has 0 spiro atoms. The molecule has 7 nitrogen and oxygen atoms in total. The van der Waals surface area contributed by atoms with Crippen LogP contribution in [0.15, 0.2) is 0 Å². The lowest BCUT2D eigenvalue weighted by atomic mass is 10.2. The lowest BCUT2D eigenvalue weighted by Crippen LogP contribution is -2.29. The van der Waals surface area contributed by atoms with E-state index in [1.165, 1.54) is 0 Å². The van der Waals surface area contributed by atoms with Crippen molar-refractivity contribution < 1.29 is 33.1 Å². The van der Waals surface area contributed by atoms with Gasteiger partial charge in [0.15, 0.2) is 0 Å². The van der Waals surface area contributed by atoms with Crippen molar-refractivity contribution in [2.75, 3.05) is 26.4 Å². The van der Waals surface area contributed by atoms with Crippen LogP contribution in [0.25, 0.3) is 0 Å². The molecule has 146 valence electrons. The molecule has 0 radical (unpaired) electrons. The van der Waals surface area contributed by atoms with Crippen molar-refractivity contribution in [3.63, 3.8) is 0 Å². The topological polar surface area (TPSA) is 94.5 Å². The van der Waals surface area contributed by atoms with Crippen molar-refractivity contribution in [2.45, 2.75) is 78.1 Å². The molecular weight excluding hydrogens is 335 g/mol. The number of rotatable bonds is 16. The van der Waals surface area contributed by atoms with Crippen LogP contribution >= 0.6 is 7.82 Å². The Morgan fingerprint density at radius 2 is 1.33 bits per heavy atom. The van der Waals surface area contributed by atoms with Gasteiger partial charge < -0.3 is 24.0 Å². The molecule has 0 heterocycles. The zero-order valence-electron chi connectivity index (χ0n) is 15.5. The molecule has 0 aliphatic rings. The Kier molecular flexibility index (Phi) is 14.2. The van der Waals surface area contributed by atoms with Crippen LogP contribution in [-0.4, -0.2) is 54.5 Å². The minimum Gasteiger partial charge on any atom is -0.379 e. The van der Waals surface area contributed by atoms with Crippen molar-refractivity contribution in [2.24, 2.45) is 0 Å². The van der Waals surface area contributed by atoms with Gasteiger partial charge in [-0.25, -0.2) is 4.57 Å². The monoisotopic (exact) mass is 370 g/mol. The van der Waals surface area contributed by atoms with Gasteiger partial charge in [0.25, 0.3) is 0 Å². The first-order chi connectivity index (χ1) is 11.4. The van der Waals surface area contributed by atoms with Crippen LogP contribution in [0.5, 0.6) is 0 Å². The van der Waals surface area contributed by atoms with Crippen molar-refractivity contribution in [1.29, 1.82) is 0 Å². The molecule has 0 rings (SSSR count). The summed E-state index contributed by atoms with van der Waals surface area (Å²) in [5.41, 5.74) is 0. The smallest absolute Gasteiger partial charge is 0.379 e. The second-order valence-corrected chi connectivity index (χ2v) is 6.97. The quantitative estimate of drug-likeness (QED) is 0.318. The molecule has 3 atom stereocenters. The summed E-state index contributed by atoms with van der Waals surface area (Å²) >= 11 is 0.